The molecule has 1 atom stereocenters. The number of rotatable bonds is 5. The Morgan fingerprint density at radius 2 is 1.89 bits per heavy atom. The van der Waals surface area contributed by atoms with Gasteiger partial charge in [-0.3, -0.25) is 14.9 Å². The molecule has 37 heavy (non-hydrogen) atoms. The predicted octanol–water partition coefficient (Wildman–Crippen LogP) is 4.51. The normalized spacial score (nSPS) is 15.6. The topological polar surface area (TPSA) is 133 Å². The van der Waals surface area contributed by atoms with Crippen molar-refractivity contribution in [2.45, 2.75) is 13.0 Å². The molecule has 0 bridgehead atoms. The second kappa shape index (κ2) is 8.79. The van der Waals surface area contributed by atoms with Crippen molar-refractivity contribution in [2.24, 2.45) is 0 Å². The molecule has 1 unspecified atom stereocenters. The van der Waals surface area contributed by atoms with Gasteiger partial charge in [0.05, 0.1) is 10.5 Å². The van der Waals surface area contributed by atoms with Crippen LogP contribution in [0, 0.1) is 10.1 Å². The van der Waals surface area contributed by atoms with E-state index < -0.39 is 11.0 Å². The third-order valence-corrected chi connectivity index (χ3v) is 6.16. The van der Waals surface area contributed by atoms with Crippen LogP contribution in [0.25, 0.3) is 11.4 Å². The minimum atomic E-state index is -0.658. The molecule has 2 aliphatic rings. The van der Waals surface area contributed by atoms with Gasteiger partial charge in [-0.05, 0) is 36.8 Å². The Bertz CT molecular complexity index is 1580. The molecule has 6 rings (SSSR count). The second-order valence-corrected chi connectivity index (χ2v) is 8.51. The maximum Gasteiger partial charge on any atom is 0.270 e. The molecule has 2 N–H and O–H groups in total. The minimum Gasteiger partial charge on any atom is -0.454 e. The molecule has 0 radical (unpaired) electrons. The number of para-hydroxylation sites is 1. The van der Waals surface area contributed by atoms with Crippen LogP contribution < -0.4 is 20.1 Å². The molecule has 1 aromatic heterocycles. The van der Waals surface area contributed by atoms with Crippen molar-refractivity contribution in [3.05, 3.63) is 99.7 Å². The van der Waals surface area contributed by atoms with Gasteiger partial charge < -0.3 is 20.1 Å². The summed E-state index contributed by atoms with van der Waals surface area (Å²) in [6.45, 7) is 1.91. The summed E-state index contributed by atoms with van der Waals surface area (Å²) in [7, 11) is 0. The molecule has 0 aliphatic carbocycles. The number of fused-ring (bicyclic) bond motifs is 2. The van der Waals surface area contributed by atoms with Gasteiger partial charge in [0, 0.05) is 29.1 Å². The van der Waals surface area contributed by atoms with Crippen LogP contribution in [-0.4, -0.2) is 32.4 Å². The monoisotopic (exact) mass is 496 g/mol. The molecular weight excluding hydrogens is 476 g/mol. The van der Waals surface area contributed by atoms with Crippen LogP contribution in [-0.2, 0) is 4.79 Å². The van der Waals surface area contributed by atoms with E-state index in [-0.39, 0.29) is 24.2 Å². The van der Waals surface area contributed by atoms with E-state index in [0.717, 1.165) is 5.56 Å². The van der Waals surface area contributed by atoms with Crippen molar-refractivity contribution in [1.29, 1.82) is 0 Å². The first-order valence-electron chi connectivity index (χ1n) is 11.4. The lowest BCUT2D eigenvalue weighted by atomic mass is 9.94. The Labute approximate surface area is 210 Å². The average molecular weight is 496 g/mol. The van der Waals surface area contributed by atoms with Crippen molar-refractivity contribution in [1.82, 2.24) is 14.8 Å². The number of hydrogen-bond donors (Lipinski definition) is 2. The van der Waals surface area contributed by atoms with Gasteiger partial charge in [0.2, 0.25) is 12.7 Å². The minimum absolute atomic E-state index is 0.0669. The quantitative estimate of drug-likeness (QED) is 0.305. The van der Waals surface area contributed by atoms with Crippen LogP contribution >= 0.6 is 0 Å². The fourth-order valence-corrected chi connectivity index (χ4v) is 4.44. The van der Waals surface area contributed by atoms with Gasteiger partial charge in [-0.1, -0.05) is 36.4 Å². The van der Waals surface area contributed by atoms with Crippen molar-refractivity contribution < 1.29 is 19.2 Å². The molecule has 4 aromatic rings. The Morgan fingerprint density at radius 1 is 1.08 bits per heavy atom. The number of hydrogen-bond acceptors (Lipinski definition) is 8. The predicted molar refractivity (Wildman–Crippen MR) is 134 cm³/mol. The van der Waals surface area contributed by atoms with Crippen LogP contribution in [0.3, 0.4) is 0 Å². The summed E-state index contributed by atoms with van der Waals surface area (Å²) in [4.78, 5) is 29.0. The molecule has 0 saturated carbocycles. The zero-order chi connectivity index (χ0) is 25.5. The van der Waals surface area contributed by atoms with E-state index in [9.17, 15) is 14.9 Å². The number of benzene rings is 3. The first-order valence-corrected chi connectivity index (χ1v) is 11.4. The Hall–Kier alpha value is -5.19. The summed E-state index contributed by atoms with van der Waals surface area (Å²) in [5.74, 6) is 1.56. The first-order chi connectivity index (χ1) is 18.0. The maximum absolute atomic E-state index is 13.6. The fraction of sp³-hybridized carbons (Fsp3) is 0.115. The van der Waals surface area contributed by atoms with Crippen LogP contribution in [0.2, 0.25) is 0 Å². The van der Waals surface area contributed by atoms with E-state index >= 15 is 0 Å². The molecule has 1 amide bonds. The number of anilines is 2. The van der Waals surface area contributed by atoms with Crippen LogP contribution in [0.4, 0.5) is 17.3 Å². The molecule has 3 aromatic carbocycles. The van der Waals surface area contributed by atoms with Crippen LogP contribution in [0.1, 0.15) is 18.5 Å². The fourth-order valence-electron chi connectivity index (χ4n) is 4.44. The maximum atomic E-state index is 13.6. The number of aromatic nitrogens is 3. The number of allylic oxidation sites excluding steroid dienone is 1. The van der Waals surface area contributed by atoms with Gasteiger partial charge in [0.1, 0.15) is 6.04 Å². The lowest BCUT2D eigenvalue weighted by Crippen LogP contribution is -2.31. The summed E-state index contributed by atoms with van der Waals surface area (Å²) in [5, 5.41) is 22.1. The highest BCUT2D eigenvalue weighted by molar-refractivity contribution is 6.06. The number of nitro benzene ring substituents is 1. The zero-order valence-corrected chi connectivity index (χ0v) is 19.5. The Balaban J connectivity index is 1.46. The summed E-state index contributed by atoms with van der Waals surface area (Å²) >= 11 is 0. The highest BCUT2D eigenvalue weighted by Gasteiger charge is 2.35. The summed E-state index contributed by atoms with van der Waals surface area (Å²) in [5.41, 5.74) is 2.84. The van der Waals surface area contributed by atoms with Crippen molar-refractivity contribution >= 4 is 23.2 Å². The van der Waals surface area contributed by atoms with Gasteiger partial charge >= 0.3 is 0 Å². The molecule has 11 nitrogen and oxygen atoms in total. The second-order valence-electron chi connectivity index (χ2n) is 8.51. The number of nitro groups is 1. The highest BCUT2D eigenvalue weighted by Crippen LogP contribution is 2.41. The number of carbonyl (C=O) groups is 1. The van der Waals surface area contributed by atoms with Gasteiger partial charge in [0.25, 0.3) is 11.6 Å². The SMILES string of the molecule is CC1=C(C(=O)Nc2ccccc2)C(c2ccc3c(c2)OCO3)n2nc(-c3cccc([N+](=O)[O-])c3)nc2N1. The molecule has 3 heterocycles. The third-order valence-electron chi connectivity index (χ3n) is 6.16. The van der Waals surface area contributed by atoms with Crippen LogP contribution in [0.5, 0.6) is 11.5 Å². The Kier molecular flexibility index (Phi) is 5.29. The lowest BCUT2D eigenvalue weighted by molar-refractivity contribution is -0.384. The van der Waals surface area contributed by atoms with E-state index in [1.165, 1.54) is 12.1 Å². The van der Waals surface area contributed by atoms with E-state index in [1.807, 2.05) is 30.3 Å². The molecule has 0 saturated heterocycles. The van der Waals surface area contributed by atoms with Crippen LogP contribution in [0.15, 0.2) is 84.1 Å². The number of nitrogens with one attached hydrogen (secondary N) is 2. The lowest BCUT2D eigenvalue weighted by Gasteiger charge is -2.28. The van der Waals surface area contributed by atoms with Crippen molar-refractivity contribution in [3.63, 3.8) is 0 Å². The van der Waals surface area contributed by atoms with Gasteiger partial charge in [0.15, 0.2) is 17.3 Å². The van der Waals surface area contributed by atoms with Gasteiger partial charge in [-0.15, -0.1) is 5.10 Å². The zero-order valence-electron chi connectivity index (χ0n) is 19.5. The molecule has 2 aliphatic heterocycles. The molecule has 0 spiro atoms. The largest absolute Gasteiger partial charge is 0.454 e. The number of amides is 1. The van der Waals surface area contributed by atoms with Gasteiger partial charge in [-0.25, -0.2) is 4.68 Å². The van der Waals surface area contributed by atoms with E-state index in [1.54, 1.807) is 41.9 Å². The number of nitrogens with zero attached hydrogens (tertiary/aromatic N) is 4. The molecule has 11 heteroatoms. The average Bonchev–Trinajstić information content (AvgIpc) is 3.55. The molecule has 0 fully saturated rings. The molecular formula is C26H20N6O5. The Morgan fingerprint density at radius 3 is 2.70 bits per heavy atom. The smallest absolute Gasteiger partial charge is 0.270 e. The summed E-state index contributed by atoms with van der Waals surface area (Å²) in [6.07, 6.45) is 0. The number of carbonyl (C=O) groups excluding carboxylic acids is 1. The van der Waals surface area contributed by atoms with E-state index in [0.29, 0.717) is 40.0 Å². The molecule has 184 valence electrons. The third kappa shape index (κ3) is 4.01. The first kappa shape index (κ1) is 22.3. The summed E-state index contributed by atoms with van der Waals surface area (Å²) in [6, 6.07) is 20.1. The highest BCUT2D eigenvalue weighted by atomic mass is 16.7. The van der Waals surface area contributed by atoms with Crippen molar-refractivity contribution in [2.75, 3.05) is 17.4 Å². The number of non-ortho nitro benzene ring substituents is 1. The summed E-state index contributed by atoms with van der Waals surface area (Å²) < 4.78 is 12.7. The standard InChI is InChI=1S/C26H20N6O5/c1-15-22(25(33)28-18-7-3-2-4-8-18)23(16-10-11-20-21(13-16)37-14-36-20)31-26(27-15)29-24(30-31)17-6-5-9-19(12-17)32(34)35/h2-13,23H,14H2,1H3,(H,28,33)(H,27,29,30). The van der Waals surface area contributed by atoms with Crippen molar-refractivity contribution in [3.8, 4) is 22.9 Å². The number of ether oxygens (including phenoxy) is 2. The van der Waals surface area contributed by atoms with E-state index in [4.69, 9.17) is 9.47 Å². The van der Waals surface area contributed by atoms with Gasteiger partial charge in [-0.2, -0.15) is 4.98 Å². The van der Waals surface area contributed by atoms with E-state index in [2.05, 4.69) is 20.7 Å².